The topological polar surface area (TPSA) is 119 Å². The normalized spacial score (nSPS) is 43.5. The van der Waals surface area contributed by atoms with Crippen LogP contribution in [-0.4, -0.2) is 60.1 Å². The van der Waals surface area contributed by atoms with E-state index in [1.807, 2.05) is 0 Å². The summed E-state index contributed by atoms with van der Waals surface area (Å²) in [6.45, 7) is 7.79. The highest BCUT2D eigenvalue weighted by Crippen LogP contribution is 2.68. The molecule has 0 radical (unpaired) electrons. The number of ether oxygens (including phenoxy) is 3. The molecule has 8 heteroatoms. The zero-order chi connectivity index (χ0) is 27.1. The highest BCUT2D eigenvalue weighted by molar-refractivity contribution is 5.76. The molecule has 0 aromatic heterocycles. The van der Waals surface area contributed by atoms with E-state index in [9.17, 15) is 24.6 Å². The highest BCUT2D eigenvalue weighted by atomic mass is 16.6. The Morgan fingerprint density at radius 3 is 2.41 bits per heavy atom. The van der Waals surface area contributed by atoms with Crippen molar-refractivity contribution in [1.29, 1.82) is 0 Å². The summed E-state index contributed by atoms with van der Waals surface area (Å²) in [7, 11) is 1.26. The lowest BCUT2D eigenvalue weighted by molar-refractivity contribution is -0.209. The largest absolute Gasteiger partial charge is 0.466 e. The molecule has 4 rings (SSSR count). The fraction of sp³-hybridized carbons (Fsp3) is 0.897. The van der Waals surface area contributed by atoms with Gasteiger partial charge < -0.3 is 24.4 Å². The van der Waals surface area contributed by atoms with Gasteiger partial charge in [0, 0.05) is 13.3 Å². The van der Waals surface area contributed by atoms with Crippen molar-refractivity contribution < 1.29 is 38.8 Å². The molecule has 4 aliphatic carbocycles. The van der Waals surface area contributed by atoms with E-state index < -0.39 is 24.1 Å². The van der Waals surface area contributed by atoms with E-state index in [1.54, 1.807) is 0 Å². The summed E-state index contributed by atoms with van der Waals surface area (Å²) in [6.07, 6.45) is 5.85. The van der Waals surface area contributed by atoms with Crippen LogP contribution in [0, 0.1) is 46.3 Å². The van der Waals surface area contributed by atoms with E-state index in [4.69, 9.17) is 9.47 Å². The van der Waals surface area contributed by atoms with Crippen molar-refractivity contribution in [1.82, 2.24) is 0 Å². The first-order valence-electron chi connectivity index (χ1n) is 14.2. The number of hydrogen-bond acceptors (Lipinski definition) is 8. The molecule has 4 aliphatic rings. The van der Waals surface area contributed by atoms with Crippen LogP contribution in [0.3, 0.4) is 0 Å². The minimum absolute atomic E-state index is 0.0238. The van der Waals surface area contributed by atoms with E-state index in [0.29, 0.717) is 12.8 Å². The average Bonchev–Trinajstić information content (AvgIpc) is 3.20. The molecule has 0 amide bonds. The maximum Gasteiger partial charge on any atom is 0.344 e. The summed E-state index contributed by atoms with van der Waals surface area (Å²) in [5, 5.41) is 23.2. The van der Waals surface area contributed by atoms with Gasteiger partial charge in [0.25, 0.3) is 0 Å². The van der Waals surface area contributed by atoms with Crippen LogP contribution in [-0.2, 0) is 28.6 Å². The van der Waals surface area contributed by atoms with Gasteiger partial charge in [-0.3, -0.25) is 9.59 Å². The lowest BCUT2D eigenvalue weighted by Gasteiger charge is -2.63. The molecule has 4 saturated carbocycles. The van der Waals surface area contributed by atoms with Crippen molar-refractivity contribution in [2.24, 2.45) is 46.3 Å². The van der Waals surface area contributed by atoms with Gasteiger partial charge in [-0.1, -0.05) is 20.8 Å². The number of hydrogen-bond donors (Lipinski definition) is 2. The zero-order valence-corrected chi connectivity index (χ0v) is 23.1. The minimum Gasteiger partial charge on any atom is -0.466 e. The van der Waals surface area contributed by atoms with Crippen molar-refractivity contribution in [3.8, 4) is 0 Å². The van der Waals surface area contributed by atoms with Crippen LogP contribution >= 0.6 is 0 Å². The van der Waals surface area contributed by atoms with E-state index in [-0.39, 0.29) is 71.4 Å². The van der Waals surface area contributed by atoms with Crippen LogP contribution in [0.2, 0.25) is 0 Å². The van der Waals surface area contributed by atoms with Crippen LogP contribution in [0.5, 0.6) is 0 Å². The maximum atomic E-state index is 12.2. The van der Waals surface area contributed by atoms with Crippen molar-refractivity contribution in [3.63, 3.8) is 0 Å². The molecule has 0 spiro atoms. The Hall–Kier alpha value is -1.67. The second-order valence-corrected chi connectivity index (χ2v) is 12.9. The third-order valence-electron chi connectivity index (χ3n) is 11.2. The van der Waals surface area contributed by atoms with Gasteiger partial charge in [0.05, 0.1) is 19.3 Å². The molecule has 0 saturated heterocycles. The number of esters is 3. The van der Waals surface area contributed by atoms with Gasteiger partial charge in [0.1, 0.15) is 6.10 Å². The number of methoxy groups -OCH3 is 1. The molecular formula is C29H46O8. The minimum atomic E-state index is -0.575. The van der Waals surface area contributed by atoms with Crippen LogP contribution in [0.1, 0.15) is 85.5 Å². The Morgan fingerprint density at radius 1 is 1.00 bits per heavy atom. The van der Waals surface area contributed by atoms with Gasteiger partial charge in [0.2, 0.25) is 0 Å². The lowest BCUT2D eigenvalue weighted by Crippen LogP contribution is -2.62. The first kappa shape index (κ1) is 28.3. The standard InChI is InChI=1S/C29H46O8/c1-16(6-9-25(33)36-15-26(34)35-5)20-7-8-21-27-22(14-24(32)29(20,21)4)28(3)11-10-19(37-17(2)30)12-18(28)13-23(27)31/h16,18-24,27,31-32H,6-15H2,1-5H3/t16-,18+,19-,20-,21+,22+,23-,24+,27+,28+,29-/m1/s1. The molecule has 2 N–H and O–H groups in total. The number of aliphatic hydroxyl groups excluding tert-OH is 2. The number of aliphatic hydroxyl groups is 2. The van der Waals surface area contributed by atoms with Crippen molar-refractivity contribution in [3.05, 3.63) is 0 Å². The van der Waals surface area contributed by atoms with Crippen molar-refractivity contribution >= 4 is 17.9 Å². The fourth-order valence-electron chi connectivity index (χ4n) is 9.27. The monoisotopic (exact) mass is 522 g/mol. The van der Waals surface area contributed by atoms with Crippen LogP contribution in [0.4, 0.5) is 0 Å². The van der Waals surface area contributed by atoms with Gasteiger partial charge in [-0.2, -0.15) is 0 Å². The fourth-order valence-corrected chi connectivity index (χ4v) is 9.27. The van der Waals surface area contributed by atoms with E-state index in [1.165, 1.54) is 14.0 Å². The molecule has 0 unspecified atom stereocenters. The van der Waals surface area contributed by atoms with Gasteiger partial charge >= 0.3 is 17.9 Å². The van der Waals surface area contributed by atoms with Crippen molar-refractivity contribution in [2.45, 2.75) is 104 Å². The Balaban J connectivity index is 1.45. The molecule has 8 nitrogen and oxygen atoms in total. The Labute approximate surface area is 220 Å². The van der Waals surface area contributed by atoms with E-state index in [2.05, 4.69) is 25.5 Å². The Bertz CT molecular complexity index is 874. The molecule has 0 aromatic rings. The van der Waals surface area contributed by atoms with Crippen LogP contribution < -0.4 is 0 Å². The molecular weight excluding hydrogens is 476 g/mol. The molecule has 0 aromatic carbocycles. The summed E-state index contributed by atoms with van der Waals surface area (Å²) >= 11 is 0. The maximum absolute atomic E-state index is 12.2. The molecule has 0 bridgehead atoms. The van der Waals surface area contributed by atoms with Gasteiger partial charge in [-0.25, -0.2) is 4.79 Å². The lowest BCUT2D eigenvalue weighted by atomic mass is 9.43. The smallest absolute Gasteiger partial charge is 0.344 e. The summed E-state index contributed by atoms with van der Waals surface area (Å²) < 4.78 is 15.1. The summed E-state index contributed by atoms with van der Waals surface area (Å²) in [6, 6.07) is 0. The molecule has 4 fully saturated rings. The SMILES string of the molecule is COC(=O)COC(=O)CC[C@@H](C)[C@H]1CC[C@H]2[C@@H]3[C@H](O)C[C@@H]4C[C@H](OC(C)=O)CC[C@]4(C)[C@H]3C[C@H](O)[C@]12C. The third-order valence-corrected chi connectivity index (χ3v) is 11.2. The van der Waals surface area contributed by atoms with Crippen LogP contribution in [0.25, 0.3) is 0 Å². The quantitative estimate of drug-likeness (QED) is 0.384. The van der Waals surface area contributed by atoms with Crippen LogP contribution in [0.15, 0.2) is 0 Å². The predicted molar refractivity (Wildman–Crippen MR) is 135 cm³/mol. The average molecular weight is 523 g/mol. The van der Waals surface area contributed by atoms with Gasteiger partial charge in [0.15, 0.2) is 6.61 Å². The third kappa shape index (κ3) is 5.17. The number of carbonyl (C=O) groups excluding carboxylic acids is 3. The molecule has 37 heavy (non-hydrogen) atoms. The van der Waals surface area contributed by atoms with E-state index in [0.717, 1.165) is 38.5 Å². The molecule has 0 aliphatic heterocycles. The van der Waals surface area contributed by atoms with Crippen molar-refractivity contribution in [2.75, 3.05) is 13.7 Å². The first-order valence-corrected chi connectivity index (χ1v) is 14.2. The number of rotatable bonds is 7. The second kappa shape index (κ2) is 10.8. The zero-order valence-electron chi connectivity index (χ0n) is 23.1. The first-order chi connectivity index (χ1) is 17.4. The second-order valence-electron chi connectivity index (χ2n) is 12.9. The number of fused-ring (bicyclic) bond motifs is 5. The molecule has 11 atom stereocenters. The van der Waals surface area contributed by atoms with Gasteiger partial charge in [-0.15, -0.1) is 0 Å². The summed E-state index contributed by atoms with van der Waals surface area (Å²) in [5.41, 5.74) is -0.286. The van der Waals surface area contributed by atoms with E-state index >= 15 is 0 Å². The summed E-state index contributed by atoms with van der Waals surface area (Å²) in [5.74, 6) is 0.145. The Kier molecular flexibility index (Phi) is 8.30. The van der Waals surface area contributed by atoms with Gasteiger partial charge in [-0.05, 0) is 97.7 Å². The summed E-state index contributed by atoms with van der Waals surface area (Å²) in [4.78, 5) is 34.9. The number of carbonyl (C=O) groups is 3. The predicted octanol–water partition coefficient (Wildman–Crippen LogP) is 3.65. The highest BCUT2D eigenvalue weighted by Gasteiger charge is 2.65. The molecule has 210 valence electrons. The molecule has 0 heterocycles. The Morgan fingerprint density at radius 2 is 1.73 bits per heavy atom.